The average Bonchev–Trinajstić information content (AvgIpc) is 3.19. The van der Waals surface area contributed by atoms with Crippen molar-refractivity contribution in [2.75, 3.05) is 11.1 Å². The van der Waals surface area contributed by atoms with Gasteiger partial charge in [0.15, 0.2) is 11.6 Å². The molecule has 3 aromatic carbocycles. The number of nitrogens with two attached hydrogens (primary N) is 1. The van der Waals surface area contributed by atoms with Crippen molar-refractivity contribution >= 4 is 28.2 Å². The van der Waals surface area contributed by atoms with E-state index in [1.165, 1.54) is 6.07 Å². The Kier molecular flexibility index (Phi) is 4.87. The standard InChI is InChI=1S/C24H17F2N5O/c25-20-6-4-18(14-21(20)26)31-11-9-15-12-19(5-7-22(15)31)32-23-8-10-28-24(30-23)29-17-3-1-2-16(27)13-17/h1-14H,27H2,(H,28,29,30). The normalized spacial score (nSPS) is 10.9. The maximum absolute atomic E-state index is 13.6. The van der Waals surface area contributed by atoms with Gasteiger partial charge in [-0.3, -0.25) is 0 Å². The van der Waals surface area contributed by atoms with Crippen molar-refractivity contribution < 1.29 is 13.5 Å². The van der Waals surface area contributed by atoms with Crippen molar-refractivity contribution in [3.8, 4) is 17.3 Å². The van der Waals surface area contributed by atoms with Gasteiger partial charge < -0.3 is 20.4 Å². The molecule has 0 aliphatic rings. The number of hydrogen-bond acceptors (Lipinski definition) is 5. The van der Waals surface area contributed by atoms with E-state index in [1.807, 2.05) is 30.3 Å². The van der Waals surface area contributed by atoms with Crippen molar-refractivity contribution in [2.24, 2.45) is 0 Å². The van der Waals surface area contributed by atoms with Crippen LogP contribution in [-0.2, 0) is 0 Å². The SMILES string of the molecule is Nc1cccc(Nc2nccc(Oc3ccc4c(ccn4-c4ccc(F)c(F)c4)c3)n2)c1. The number of rotatable bonds is 5. The average molecular weight is 429 g/mol. The van der Waals surface area contributed by atoms with E-state index in [-0.39, 0.29) is 0 Å². The van der Waals surface area contributed by atoms with Crippen LogP contribution >= 0.6 is 0 Å². The fourth-order valence-electron chi connectivity index (χ4n) is 3.37. The van der Waals surface area contributed by atoms with Gasteiger partial charge in [-0.2, -0.15) is 4.98 Å². The van der Waals surface area contributed by atoms with Crippen LogP contribution in [0.2, 0.25) is 0 Å². The van der Waals surface area contributed by atoms with Gasteiger partial charge in [0.05, 0.1) is 5.52 Å². The lowest BCUT2D eigenvalue weighted by molar-refractivity contribution is 0.463. The molecule has 3 N–H and O–H groups in total. The van der Waals surface area contributed by atoms with Gasteiger partial charge in [-0.1, -0.05) is 6.07 Å². The lowest BCUT2D eigenvalue weighted by Crippen LogP contribution is -1.99. The Bertz CT molecular complexity index is 1430. The molecule has 0 fully saturated rings. The smallest absolute Gasteiger partial charge is 0.230 e. The number of nitrogen functional groups attached to an aromatic ring is 1. The zero-order valence-electron chi connectivity index (χ0n) is 16.7. The first-order chi connectivity index (χ1) is 15.5. The summed E-state index contributed by atoms with van der Waals surface area (Å²) in [6.45, 7) is 0. The number of halogens is 2. The van der Waals surface area contributed by atoms with Gasteiger partial charge in [0.1, 0.15) is 5.75 Å². The van der Waals surface area contributed by atoms with E-state index >= 15 is 0 Å². The topological polar surface area (TPSA) is 78.0 Å². The van der Waals surface area contributed by atoms with E-state index in [4.69, 9.17) is 10.5 Å². The summed E-state index contributed by atoms with van der Waals surface area (Å²) in [6.07, 6.45) is 3.38. The maximum Gasteiger partial charge on any atom is 0.230 e. The molecule has 5 rings (SSSR count). The molecule has 6 nitrogen and oxygen atoms in total. The Morgan fingerprint density at radius 3 is 2.66 bits per heavy atom. The van der Waals surface area contributed by atoms with E-state index < -0.39 is 11.6 Å². The monoisotopic (exact) mass is 429 g/mol. The predicted octanol–water partition coefficient (Wildman–Crippen LogP) is 5.82. The molecule has 0 aliphatic carbocycles. The number of aromatic nitrogens is 3. The molecule has 8 heteroatoms. The third-order valence-electron chi connectivity index (χ3n) is 4.84. The number of anilines is 3. The van der Waals surface area contributed by atoms with Crippen LogP contribution in [0.3, 0.4) is 0 Å². The van der Waals surface area contributed by atoms with E-state index in [1.54, 1.807) is 41.2 Å². The second-order valence-corrected chi connectivity index (χ2v) is 7.08. The molecule has 5 aromatic rings. The summed E-state index contributed by atoms with van der Waals surface area (Å²) in [5, 5.41) is 3.96. The second kappa shape index (κ2) is 7.99. The number of hydrogen-bond donors (Lipinski definition) is 2. The van der Waals surface area contributed by atoms with Crippen LogP contribution in [0.5, 0.6) is 11.6 Å². The van der Waals surface area contributed by atoms with E-state index in [0.29, 0.717) is 29.0 Å². The van der Waals surface area contributed by atoms with Crippen LogP contribution < -0.4 is 15.8 Å². The van der Waals surface area contributed by atoms with Crippen molar-refractivity contribution in [2.45, 2.75) is 0 Å². The van der Waals surface area contributed by atoms with Crippen LogP contribution in [0, 0.1) is 11.6 Å². The highest BCUT2D eigenvalue weighted by molar-refractivity contribution is 5.83. The summed E-state index contributed by atoms with van der Waals surface area (Å²) in [5.41, 5.74) is 8.55. The van der Waals surface area contributed by atoms with E-state index in [2.05, 4.69) is 15.3 Å². The van der Waals surface area contributed by atoms with Crippen LogP contribution in [0.15, 0.2) is 85.2 Å². The Morgan fingerprint density at radius 2 is 1.81 bits per heavy atom. The number of nitrogens with one attached hydrogen (secondary N) is 1. The highest BCUT2D eigenvalue weighted by atomic mass is 19.2. The maximum atomic E-state index is 13.6. The molecule has 32 heavy (non-hydrogen) atoms. The Morgan fingerprint density at radius 1 is 0.906 bits per heavy atom. The van der Waals surface area contributed by atoms with Crippen LogP contribution in [0.1, 0.15) is 0 Å². The van der Waals surface area contributed by atoms with Crippen LogP contribution in [0.4, 0.5) is 26.1 Å². The van der Waals surface area contributed by atoms with Gasteiger partial charge in [-0.15, -0.1) is 0 Å². The van der Waals surface area contributed by atoms with Gasteiger partial charge in [-0.05, 0) is 54.6 Å². The zero-order chi connectivity index (χ0) is 22.1. The number of nitrogens with zero attached hydrogens (tertiary/aromatic N) is 3. The molecule has 0 spiro atoms. The molecule has 158 valence electrons. The van der Waals surface area contributed by atoms with Crippen molar-refractivity contribution in [1.29, 1.82) is 0 Å². The third-order valence-corrected chi connectivity index (χ3v) is 4.84. The fraction of sp³-hybridized carbons (Fsp3) is 0. The number of fused-ring (bicyclic) bond motifs is 1. The highest BCUT2D eigenvalue weighted by Crippen LogP contribution is 2.28. The van der Waals surface area contributed by atoms with Gasteiger partial charge in [-0.25, -0.2) is 13.8 Å². The summed E-state index contributed by atoms with van der Waals surface area (Å²) < 4.78 is 34.6. The minimum Gasteiger partial charge on any atom is -0.439 e. The molecule has 0 aliphatic heterocycles. The first kappa shape index (κ1) is 19.5. The Labute approximate surface area is 181 Å². The van der Waals surface area contributed by atoms with Crippen molar-refractivity contribution in [3.63, 3.8) is 0 Å². The first-order valence-electron chi connectivity index (χ1n) is 9.75. The lowest BCUT2D eigenvalue weighted by Gasteiger charge is -2.09. The predicted molar refractivity (Wildman–Crippen MR) is 119 cm³/mol. The van der Waals surface area contributed by atoms with Gasteiger partial charge in [0, 0.05) is 47.0 Å². The van der Waals surface area contributed by atoms with Crippen LogP contribution in [0.25, 0.3) is 16.6 Å². The van der Waals surface area contributed by atoms with Crippen molar-refractivity contribution in [1.82, 2.24) is 14.5 Å². The summed E-state index contributed by atoms with van der Waals surface area (Å²) in [6, 6.07) is 20.1. The molecular weight excluding hydrogens is 412 g/mol. The largest absolute Gasteiger partial charge is 0.439 e. The lowest BCUT2D eigenvalue weighted by atomic mass is 10.2. The minimum absolute atomic E-state index is 0.366. The van der Waals surface area contributed by atoms with E-state index in [9.17, 15) is 8.78 Å². The third kappa shape index (κ3) is 3.93. The Balaban J connectivity index is 1.38. The van der Waals surface area contributed by atoms with Gasteiger partial charge in [0.2, 0.25) is 11.8 Å². The zero-order valence-corrected chi connectivity index (χ0v) is 16.7. The molecular formula is C24H17F2N5O. The second-order valence-electron chi connectivity index (χ2n) is 7.08. The number of benzene rings is 3. The molecule has 0 atom stereocenters. The summed E-state index contributed by atoms with van der Waals surface area (Å²) in [7, 11) is 0. The summed E-state index contributed by atoms with van der Waals surface area (Å²) in [5.74, 6) is -0.454. The fourth-order valence-corrected chi connectivity index (χ4v) is 3.37. The molecule has 2 heterocycles. The van der Waals surface area contributed by atoms with Gasteiger partial charge >= 0.3 is 0 Å². The summed E-state index contributed by atoms with van der Waals surface area (Å²) in [4.78, 5) is 8.58. The quantitative estimate of drug-likeness (QED) is 0.345. The first-order valence-corrected chi connectivity index (χ1v) is 9.75. The molecule has 0 saturated heterocycles. The van der Waals surface area contributed by atoms with E-state index in [0.717, 1.165) is 28.7 Å². The molecule has 0 unspecified atom stereocenters. The molecule has 0 bridgehead atoms. The molecule has 0 radical (unpaired) electrons. The molecule has 0 saturated carbocycles. The number of ether oxygens (including phenoxy) is 1. The molecule has 0 amide bonds. The summed E-state index contributed by atoms with van der Waals surface area (Å²) >= 11 is 0. The van der Waals surface area contributed by atoms with Crippen LogP contribution in [-0.4, -0.2) is 14.5 Å². The Hall–Kier alpha value is -4.46. The van der Waals surface area contributed by atoms with Gasteiger partial charge in [0.25, 0.3) is 0 Å². The van der Waals surface area contributed by atoms with Crippen molar-refractivity contribution in [3.05, 3.63) is 96.8 Å². The molecule has 2 aromatic heterocycles. The highest BCUT2D eigenvalue weighted by Gasteiger charge is 2.09. The minimum atomic E-state index is -0.893.